The van der Waals surface area contributed by atoms with Gasteiger partial charge in [0.2, 0.25) is 5.91 Å². The number of carbonyl (C=O) groups is 1. The zero-order valence-electron chi connectivity index (χ0n) is 18.8. The minimum absolute atomic E-state index is 0.102. The Labute approximate surface area is 196 Å². The molecule has 2 aromatic carbocycles. The summed E-state index contributed by atoms with van der Waals surface area (Å²) < 4.78 is 2.31. The van der Waals surface area contributed by atoms with Crippen LogP contribution >= 0.6 is 11.6 Å². The number of halogens is 1. The molecule has 1 saturated heterocycles. The van der Waals surface area contributed by atoms with E-state index in [1.54, 1.807) is 6.08 Å². The van der Waals surface area contributed by atoms with E-state index in [0.29, 0.717) is 5.88 Å². The number of piperazine rings is 1. The van der Waals surface area contributed by atoms with Gasteiger partial charge in [-0.25, -0.2) is 0 Å². The van der Waals surface area contributed by atoms with E-state index >= 15 is 0 Å². The fourth-order valence-corrected chi connectivity index (χ4v) is 4.68. The van der Waals surface area contributed by atoms with Crippen LogP contribution in [0.3, 0.4) is 0 Å². The molecule has 4 nitrogen and oxygen atoms in total. The van der Waals surface area contributed by atoms with Gasteiger partial charge in [0.15, 0.2) is 0 Å². The first kappa shape index (κ1) is 22.6. The highest BCUT2D eigenvalue weighted by Gasteiger charge is 2.20. The van der Waals surface area contributed by atoms with Crippen LogP contribution in [0.15, 0.2) is 60.7 Å². The van der Waals surface area contributed by atoms with E-state index in [1.165, 1.54) is 22.2 Å². The maximum atomic E-state index is 12.9. The molecule has 1 aliphatic heterocycles. The maximum Gasteiger partial charge on any atom is 0.246 e. The molecule has 0 atom stereocenters. The summed E-state index contributed by atoms with van der Waals surface area (Å²) in [6.45, 7) is 7.50. The summed E-state index contributed by atoms with van der Waals surface area (Å²) >= 11 is 5.93. The highest BCUT2D eigenvalue weighted by atomic mass is 35.5. The van der Waals surface area contributed by atoms with Crippen molar-refractivity contribution in [2.24, 2.45) is 0 Å². The normalized spacial score (nSPS) is 15.1. The molecule has 0 spiro atoms. The van der Waals surface area contributed by atoms with Crippen LogP contribution in [-0.2, 0) is 17.8 Å². The van der Waals surface area contributed by atoms with Crippen molar-refractivity contribution in [2.45, 2.75) is 26.3 Å². The molecular formula is C27H32ClN3O. The second-order valence-corrected chi connectivity index (χ2v) is 8.82. The average molecular weight is 450 g/mol. The molecule has 0 aliphatic carbocycles. The quantitative estimate of drug-likeness (QED) is 0.358. The predicted molar refractivity (Wildman–Crippen MR) is 134 cm³/mol. The van der Waals surface area contributed by atoms with Crippen LogP contribution in [-0.4, -0.2) is 58.9 Å². The van der Waals surface area contributed by atoms with Gasteiger partial charge >= 0.3 is 0 Å². The van der Waals surface area contributed by atoms with Gasteiger partial charge in [0.05, 0.1) is 0 Å². The Balaban J connectivity index is 1.37. The highest BCUT2D eigenvalue weighted by molar-refractivity contribution is 6.17. The minimum Gasteiger partial charge on any atom is -0.344 e. The number of aromatic nitrogens is 1. The lowest BCUT2D eigenvalue weighted by molar-refractivity contribution is -0.127. The third-order valence-corrected chi connectivity index (χ3v) is 6.70. The smallest absolute Gasteiger partial charge is 0.246 e. The fraction of sp³-hybridized carbons (Fsp3) is 0.370. The van der Waals surface area contributed by atoms with Gasteiger partial charge < -0.3 is 9.47 Å². The molecule has 1 aromatic heterocycles. The number of carbonyl (C=O) groups excluding carboxylic acids is 1. The van der Waals surface area contributed by atoms with Gasteiger partial charge in [-0.3, -0.25) is 9.69 Å². The van der Waals surface area contributed by atoms with Crippen molar-refractivity contribution in [1.29, 1.82) is 0 Å². The van der Waals surface area contributed by atoms with Crippen molar-refractivity contribution in [2.75, 3.05) is 38.6 Å². The zero-order valence-corrected chi connectivity index (χ0v) is 19.6. The van der Waals surface area contributed by atoms with Crippen LogP contribution in [0.4, 0.5) is 0 Å². The molecule has 1 amide bonds. The Bertz CT molecular complexity index is 1070. The lowest BCUT2D eigenvalue weighted by atomic mass is 10.1. The van der Waals surface area contributed by atoms with Crippen LogP contribution in [0, 0.1) is 6.92 Å². The molecule has 3 aromatic rings. The van der Waals surface area contributed by atoms with E-state index < -0.39 is 0 Å². The maximum absolute atomic E-state index is 12.9. The van der Waals surface area contributed by atoms with E-state index in [2.05, 4.69) is 71.0 Å². The van der Waals surface area contributed by atoms with E-state index in [0.717, 1.165) is 57.7 Å². The number of fused-ring (bicyclic) bond motifs is 1. The van der Waals surface area contributed by atoms with Gasteiger partial charge in [-0.1, -0.05) is 48.5 Å². The minimum atomic E-state index is 0.102. The molecule has 32 heavy (non-hydrogen) atoms. The van der Waals surface area contributed by atoms with Crippen molar-refractivity contribution in [3.63, 3.8) is 0 Å². The second-order valence-electron chi connectivity index (χ2n) is 8.45. The number of hydrogen-bond acceptors (Lipinski definition) is 2. The second kappa shape index (κ2) is 10.8. The summed E-state index contributed by atoms with van der Waals surface area (Å²) in [6.07, 6.45) is 5.73. The molecule has 0 saturated carbocycles. The van der Waals surface area contributed by atoms with Crippen LogP contribution < -0.4 is 0 Å². The van der Waals surface area contributed by atoms with E-state index in [4.69, 9.17) is 11.6 Å². The summed E-state index contributed by atoms with van der Waals surface area (Å²) in [5.74, 6) is 0.747. The summed E-state index contributed by atoms with van der Waals surface area (Å²) in [7, 11) is 0. The molecule has 1 aliphatic rings. The van der Waals surface area contributed by atoms with Gasteiger partial charge in [0.25, 0.3) is 0 Å². The largest absolute Gasteiger partial charge is 0.344 e. The van der Waals surface area contributed by atoms with Gasteiger partial charge in [-0.05, 0) is 37.5 Å². The number of hydrogen-bond donors (Lipinski definition) is 0. The number of amides is 1. The summed E-state index contributed by atoms with van der Waals surface area (Å²) in [5.41, 5.74) is 4.89. The van der Waals surface area contributed by atoms with Crippen LogP contribution in [0.1, 0.15) is 23.2 Å². The first-order chi connectivity index (χ1) is 15.7. The number of alkyl halides is 1. The topological polar surface area (TPSA) is 28.5 Å². The van der Waals surface area contributed by atoms with Crippen molar-refractivity contribution in [3.8, 4) is 0 Å². The van der Waals surface area contributed by atoms with E-state index in [-0.39, 0.29) is 5.91 Å². The summed E-state index contributed by atoms with van der Waals surface area (Å²) in [5, 5.41) is 1.19. The molecule has 1 fully saturated rings. The zero-order chi connectivity index (χ0) is 22.3. The van der Waals surface area contributed by atoms with E-state index in [9.17, 15) is 4.79 Å². The Morgan fingerprint density at radius 3 is 2.44 bits per heavy atom. The molecule has 5 heteroatoms. The standard InChI is InChI=1S/C27H32ClN3O/c1-22-24(25-10-5-6-11-26(25)31(22)16-7-15-28)12-13-27(32)30-20-18-29(19-21-30)17-14-23-8-3-2-4-9-23/h2-6,8-13H,7,14-21H2,1H3/b13-12+. The summed E-state index contributed by atoms with van der Waals surface area (Å²) in [6, 6.07) is 19.0. The SMILES string of the molecule is Cc1c(/C=C/C(=O)N2CCN(CCc3ccccc3)CC2)c2ccccc2n1CCCCl. The predicted octanol–water partition coefficient (Wildman–Crippen LogP) is 4.98. The Morgan fingerprint density at radius 1 is 0.969 bits per heavy atom. The summed E-state index contributed by atoms with van der Waals surface area (Å²) in [4.78, 5) is 17.3. The Kier molecular flexibility index (Phi) is 7.67. The number of rotatable bonds is 8. The number of aryl methyl sites for hydroxylation is 1. The first-order valence-corrected chi connectivity index (χ1v) is 12.1. The highest BCUT2D eigenvalue weighted by Crippen LogP contribution is 2.27. The number of benzene rings is 2. The molecule has 4 rings (SSSR count). The lowest BCUT2D eigenvalue weighted by Gasteiger charge is -2.34. The van der Waals surface area contributed by atoms with Crippen molar-refractivity contribution >= 4 is 34.5 Å². The lowest BCUT2D eigenvalue weighted by Crippen LogP contribution is -2.48. The third kappa shape index (κ3) is 5.25. The molecule has 168 valence electrons. The third-order valence-electron chi connectivity index (χ3n) is 6.43. The molecule has 0 N–H and O–H groups in total. The Morgan fingerprint density at radius 2 is 1.69 bits per heavy atom. The van der Waals surface area contributed by atoms with Gasteiger partial charge in [0, 0.05) is 73.4 Å². The van der Waals surface area contributed by atoms with Gasteiger partial charge in [-0.15, -0.1) is 11.6 Å². The number of nitrogens with zero attached hydrogens (tertiary/aromatic N) is 3. The number of para-hydroxylation sites is 1. The first-order valence-electron chi connectivity index (χ1n) is 11.5. The van der Waals surface area contributed by atoms with Crippen LogP contribution in [0.25, 0.3) is 17.0 Å². The average Bonchev–Trinajstić information content (AvgIpc) is 3.11. The van der Waals surface area contributed by atoms with Crippen molar-refractivity contribution < 1.29 is 4.79 Å². The molecule has 2 heterocycles. The van der Waals surface area contributed by atoms with Crippen molar-refractivity contribution in [1.82, 2.24) is 14.4 Å². The monoisotopic (exact) mass is 449 g/mol. The van der Waals surface area contributed by atoms with Crippen LogP contribution in [0.2, 0.25) is 0 Å². The molecule has 0 radical (unpaired) electrons. The Hall–Kier alpha value is -2.56. The fourth-order valence-electron chi connectivity index (χ4n) is 4.56. The molecular weight excluding hydrogens is 418 g/mol. The van der Waals surface area contributed by atoms with E-state index in [1.807, 2.05) is 11.0 Å². The van der Waals surface area contributed by atoms with Gasteiger partial charge in [-0.2, -0.15) is 0 Å². The molecule has 0 bridgehead atoms. The van der Waals surface area contributed by atoms with Gasteiger partial charge in [0.1, 0.15) is 0 Å². The van der Waals surface area contributed by atoms with Crippen molar-refractivity contribution in [3.05, 3.63) is 77.5 Å². The van der Waals surface area contributed by atoms with Crippen LogP contribution in [0.5, 0.6) is 0 Å². The molecule has 0 unspecified atom stereocenters.